The van der Waals surface area contributed by atoms with Crippen LogP contribution in [0.2, 0.25) is 0 Å². The molecule has 0 saturated carbocycles. The summed E-state index contributed by atoms with van der Waals surface area (Å²) in [5, 5.41) is 2.28. The van der Waals surface area contributed by atoms with Gasteiger partial charge in [-0.3, -0.25) is 4.98 Å². The number of aryl methyl sites for hydroxylation is 1. The molecule has 1 aromatic heterocycles. The molecule has 0 spiro atoms. The van der Waals surface area contributed by atoms with Crippen molar-refractivity contribution >= 4 is 26.7 Å². The second-order valence-electron chi connectivity index (χ2n) is 4.93. The van der Waals surface area contributed by atoms with E-state index < -0.39 is 0 Å². The number of nitrogens with two attached hydrogens (primary N) is 1. The Morgan fingerprint density at radius 2 is 2.00 bits per heavy atom. The van der Waals surface area contributed by atoms with Crippen LogP contribution in [0.25, 0.3) is 10.8 Å². The molecular weight excluding hydrogens is 312 g/mol. The fourth-order valence-electron chi connectivity index (χ4n) is 2.39. The van der Waals surface area contributed by atoms with Gasteiger partial charge in [0.15, 0.2) is 0 Å². The van der Waals surface area contributed by atoms with E-state index in [1.54, 1.807) is 6.20 Å². The monoisotopic (exact) mass is 326 g/mol. The number of fused-ring (bicyclic) bond motifs is 1. The Hall–Kier alpha value is -1.71. The molecule has 0 radical (unpaired) electrons. The molecule has 3 aromatic rings. The Balaban J connectivity index is 2.12. The van der Waals surface area contributed by atoms with Crippen LogP contribution < -0.4 is 5.73 Å². The third kappa shape index (κ3) is 2.35. The molecule has 0 aliphatic rings. The Kier molecular flexibility index (Phi) is 3.55. The average molecular weight is 327 g/mol. The number of pyridine rings is 1. The van der Waals surface area contributed by atoms with Gasteiger partial charge in [0.1, 0.15) is 0 Å². The summed E-state index contributed by atoms with van der Waals surface area (Å²) in [7, 11) is 0. The van der Waals surface area contributed by atoms with Crippen molar-refractivity contribution in [2.45, 2.75) is 13.0 Å². The molecule has 1 unspecified atom stereocenters. The van der Waals surface area contributed by atoms with E-state index in [9.17, 15) is 0 Å². The molecule has 0 amide bonds. The molecule has 0 fully saturated rings. The van der Waals surface area contributed by atoms with E-state index in [0.717, 1.165) is 21.0 Å². The van der Waals surface area contributed by atoms with Gasteiger partial charge in [0.05, 0.1) is 6.04 Å². The van der Waals surface area contributed by atoms with Crippen LogP contribution in [0.3, 0.4) is 0 Å². The molecule has 0 bridgehead atoms. The van der Waals surface area contributed by atoms with Gasteiger partial charge in [0.2, 0.25) is 0 Å². The van der Waals surface area contributed by atoms with Crippen molar-refractivity contribution in [2.24, 2.45) is 5.73 Å². The fraction of sp³-hybridized carbons (Fsp3) is 0.118. The quantitative estimate of drug-likeness (QED) is 0.760. The van der Waals surface area contributed by atoms with Crippen molar-refractivity contribution in [3.05, 3.63) is 76.0 Å². The first-order valence-corrected chi connectivity index (χ1v) is 7.30. The zero-order chi connectivity index (χ0) is 14.1. The van der Waals surface area contributed by atoms with Crippen LogP contribution in [0, 0.1) is 6.92 Å². The molecule has 3 rings (SSSR count). The predicted octanol–water partition coefficient (Wildman–Crippen LogP) is 4.35. The number of hydrogen-bond donors (Lipinski definition) is 1. The minimum absolute atomic E-state index is 0.153. The summed E-state index contributed by atoms with van der Waals surface area (Å²) in [5.41, 5.74) is 9.86. The molecule has 20 heavy (non-hydrogen) atoms. The van der Waals surface area contributed by atoms with Crippen LogP contribution in [0.5, 0.6) is 0 Å². The summed E-state index contributed by atoms with van der Waals surface area (Å²) < 4.78 is 1.09. The SMILES string of the molecule is Cc1ccc(C(N)c2cccc3ccncc23)cc1Br. The first-order chi connectivity index (χ1) is 9.66. The van der Waals surface area contributed by atoms with E-state index >= 15 is 0 Å². The standard InChI is InChI=1S/C17H15BrN2/c1-11-5-6-13(9-16(11)18)17(19)14-4-2-3-12-7-8-20-10-15(12)14/h2-10,17H,19H2,1H3. The third-order valence-corrected chi connectivity index (χ3v) is 4.46. The summed E-state index contributed by atoms with van der Waals surface area (Å²) >= 11 is 3.57. The van der Waals surface area contributed by atoms with Crippen molar-refractivity contribution < 1.29 is 0 Å². The second-order valence-corrected chi connectivity index (χ2v) is 5.78. The van der Waals surface area contributed by atoms with Crippen LogP contribution in [0.1, 0.15) is 22.7 Å². The highest BCUT2D eigenvalue weighted by molar-refractivity contribution is 9.10. The highest BCUT2D eigenvalue weighted by atomic mass is 79.9. The molecule has 2 aromatic carbocycles. The number of hydrogen-bond acceptors (Lipinski definition) is 2. The van der Waals surface area contributed by atoms with Crippen molar-refractivity contribution in [1.29, 1.82) is 0 Å². The summed E-state index contributed by atoms with van der Waals surface area (Å²) in [6.45, 7) is 2.07. The lowest BCUT2D eigenvalue weighted by atomic mass is 9.95. The molecule has 0 aliphatic heterocycles. The number of rotatable bonds is 2. The number of halogens is 1. The van der Waals surface area contributed by atoms with Crippen molar-refractivity contribution in [3.8, 4) is 0 Å². The largest absolute Gasteiger partial charge is 0.320 e. The van der Waals surface area contributed by atoms with Gasteiger partial charge in [-0.05, 0) is 41.1 Å². The van der Waals surface area contributed by atoms with E-state index in [1.165, 1.54) is 10.9 Å². The number of aromatic nitrogens is 1. The molecule has 0 saturated heterocycles. The smallest absolute Gasteiger partial charge is 0.0558 e. The molecule has 1 atom stereocenters. The highest BCUT2D eigenvalue weighted by Gasteiger charge is 2.13. The van der Waals surface area contributed by atoms with Gasteiger partial charge in [-0.15, -0.1) is 0 Å². The highest BCUT2D eigenvalue weighted by Crippen LogP contribution is 2.29. The van der Waals surface area contributed by atoms with Crippen LogP contribution in [0.4, 0.5) is 0 Å². The zero-order valence-electron chi connectivity index (χ0n) is 11.2. The lowest BCUT2D eigenvalue weighted by Crippen LogP contribution is -2.12. The third-order valence-electron chi connectivity index (χ3n) is 3.61. The summed E-state index contributed by atoms with van der Waals surface area (Å²) in [6, 6.07) is 14.3. The predicted molar refractivity (Wildman–Crippen MR) is 86.7 cm³/mol. The summed E-state index contributed by atoms with van der Waals surface area (Å²) in [6.07, 6.45) is 3.69. The maximum absolute atomic E-state index is 6.45. The van der Waals surface area contributed by atoms with Crippen LogP contribution in [-0.2, 0) is 0 Å². The maximum Gasteiger partial charge on any atom is 0.0558 e. The number of nitrogens with zero attached hydrogens (tertiary/aromatic N) is 1. The van der Waals surface area contributed by atoms with Gasteiger partial charge in [-0.25, -0.2) is 0 Å². The van der Waals surface area contributed by atoms with E-state index in [2.05, 4.69) is 58.2 Å². The average Bonchev–Trinajstić information content (AvgIpc) is 2.49. The minimum Gasteiger partial charge on any atom is -0.320 e. The molecule has 2 nitrogen and oxygen atoms in total. The lowest BCUT2D eigenvalue weighted by molar-refractivity contribution is 0.878. The number of benzene rings is 2. The molecular formula is C17H15BrN2. The van der Waals surface area contributed by atoms with Gasteiger partial charge in [0, 0.05) is 22.3 Å². The van der Waals surface area contributed by atoms with Crippen molar-refractivity contribution in [2.75, 3.05) is 0 Å². The molecule has 3 heteroatoms. The van der Waals surface area contributed by atoms with Gasteiger partial charge >= 0.3 is 0 Å². The van der Waals surface area contributed by atoms with Crippen molar-refractivity contribution in [1.82, 2.24) is 4.98 Å². The van der Waals surface area contributed by atoms with E-state index in [4.69, 9.17) is 5.73 Å². The second kappa shape index (κ2) is 5.35. The van der Waals surface area contributed by atoms with Gasteiger partial charge in [-0.1, -0.05) is 46.3 Å². The topological polar surface area (TPSA) is 38.9 Å². The first kappa shape index (κ1) is 13.3. The normalized spacial score (nSPS) is 12.6. The Morgan fingerprint density at radius 1 is 1.15 bits per heavy atom. The minimum atomic E-state index is -0.153. The van der Waals surface area contributed by atoms with E-state index in [-0.39, 0.29) is 6.04 Å². The van der Waals surface area contributed by atoms with E-state index in [1.807, 2.05) is 18.3 Å². The van der Waals surface area contributed by atoms with Crippen LogP contribution in [0.15, 0.2) is 59.3 Å². The Morgan fingerprint density at radius 3 is 2.80 bits per heavy atom. The lowest BCUT2D eigenvalue weighted by Gasteiger charge is -2.16. The van der Waals surface area contributed by atoms with Gasteiger partial charge < -0.3 is 5.73 Å². The summed E-state index contributed by atoms with van der Waals surface area (Å²) in [5.74, 6) is 0. The zero-order valence-corrected chi connectivity index (χ0v) is 12.8. The molecule has 0 aliphatic carbocycles. The first-order valence-electron chi connectivity index (χ1n) is 6.51. The Labute approximate surface area is 126 Å². The van der Waals surface area contributed by atoms with Crippen molar-refractivity contribution in [3.63, 3.8) is 0 Å². The molecule has 1 heterocycles. The molecule has 100 valence electrons. The Bertz CT molecular complexity index is 763. The fourth-order valence-corrected chi connectivity index (χ4v) is 2.79. The van der Waals surface area contributed by atoms with Gasteiger partial charge in [-0.2, -0.15) is 0 Å². The van der Waals surface area contributed by atoms with Gasteiger partial charge in [0.25, 0.3) is 0 Å². The maximum atomic E-state index is 6.45. The molecule has 2 N–H and O–H groups in total. The van der Waals surface area contributed by atoms with Crippen LogP contribution >= 0.6 is 15.9 Å². The van der Waals surface area contributed by atoms with Crippen LogP contribution in [-0.4, -0.2) is 4.98 Å². The van der Waals surface area contributed by atoms with E-state index in [0.29, 0.717) is 0 Å². The summed E-state index contributed by atoms with van der Waals surface area (Å²) in [4.78, 5) is 4.22.